The van der Waals surface area contributed by atoms with E-state index in [0.717, 1.165) is 0 Å². The Kier molecular flexibility index (Phi) is 6.65. The monoisotopic (exact) mass is 297 g/mol. The number of amides is 1. The predicted octanol–water partition coefficient (Wildman–Crippen LogP) is 2.31. The third kappa shape index (κ3) is 5.41. The maximum absolute atomic E-state index is 13.3. The van der Waals surface area contributed by atoms with Gasteiger partial charge in [-0.25, -0.2) is 4.39 Å². The van der Waals surface area contributed by atoms with E-state index >= 15 is 0 Å². The Morgan fingerprint density at radius 2 is 2.05 bits per heavy atom. The molecule has 1 aromatic rings. The topological polar surface area (TPSA) is 66.8 Å². The van der Waals surface area contributed by atoms with Crippen molar-refractivity contribution in [2.24, 2.45) is 0 Å². The second-order valence-corrected chi connectivity index (χ2v) is 4.66. The Morgan fingerprint density at radius 1 is 1.38 bits per heavy atom. The van der Waals surface area contributed by atoms with Crippen molar-refractivity contribution >= 4 is 11.9 Å². The van der Waals surface area contributed by atoms with Crippen molar-refractivity contribution in [2.45, 2.75) is 32.7 Å². The first kappa shape index (κ1) is 16.9. The Balaban J connectivity index is 2.48. The molecule has 0 aromatic heterocycles. The van der Waals surface area contributed by atoms with E-state index in [1.54, 1.807) is 26.0 Å². The van der Waals surface area contributed by atoms with Crippen molar-refractivity contribution in [2.75, 3.05) is 13.2 Å². The number of nitrogens with zero attached hydrogens (tertiary/aromatic N) is 1. The van der Waals surface area contributed by atoms with Crippen molar-refractivity contribution in [3.8, 4) is 5.75 Å². The number of carbonyl (C=O) groups excluding carboxylic acids is 1. The van der Waals surface area contributed by atoms with Gasteiger partial charge in [0.2, 0.25) is 5.91 Å². The van der Waals surface area contributed by atoms with Crippen LogP contribution >= 0.6 is 0 Å². The van der Waals surface area contributed by atoms with Crippen LogP contribution in [0.25, 0.3) is 0 Å². The van der Waals surface area contributed by atoms with Crippen LogP contribution < -0.4 is 4.74 Å². The van der Waals surface area contributed by atoms with E-state index in [0.29, 0.717) is 6.54 Å². The van der Waals surface area contributed by atoms with Crippen LogP contribution in [0.5, 0.6) is 5.75 Å². The lowest BCUT2D eigenvalue weighted by Crippen LogP contribution is -2.40. The SMILES string of the molecule is CCN(C(=O)CCOc1ccccc1F)C(C)CC(=O)O. The van der Waals surface area contributed by atoms with E-state index in [-0.39, 0.29) is 37.1 Å². The van der Waals surface area contributed by atoms with Gasteiger partial charge in [0.15, 0.2) is 11.6 Å². The highest BCUT2D eigenvalue weighted by Gasteiger charge is 2.20. The molecule has 6 heteroatoms. The lowest BCUT2D eigenvalue weighted by Gasteiger charge is -2.27. The van der Waals surface area contributed by atoms with Crippen LogP contribution in [0, 0.1) is 5.82 Å². The molecule has 1 amide bonds. The summed E-state index contributed by atoms with van der Waals surface area (Å²) in [5.74, 6) is -1.53. The fraction of sp³-hybridized carbons (Fsp3) is 0.467. The van der Waals surface area contributed by atoms with Crippen LogP contribution in [-0.2, 0) is 9.59 Å². The average molecular weight is 297 g/mol. The zero-order valence-electron chi connectivity index (χ0n) is 12.2. The van der Waals surface area contributed by atoms with E-state index in [1.165, 1.54) is 17.0 Å². The number of carboxylic acid groups (broad SMARTS) is 1. The molecular formula is C15H20FNO4. The van der Waals surface area contributed by atoms with E-state index in [9.17, 15) is 14.0 Å². The van der Waals surface area contributed by atoms with E-state index in [1.807, 2.05) is 0 Å². The highest BCUT2D eigenvalue weighted by atomic mass is 19.1. The van der Waals surface area contributed by atoms with Gasteiger partial charge < -0.3 is 14.7 Å². The summed E-state index contributed by atoms with van der Waals surface area (Å²) in [4.78, 5) is 24.2. The standard InChI is InChI=1S/C15H20FNO4/c1-3-17(11(2)10-15(19)20)14(18)8-9-21-13-7-5-4-6-12(13)16/h4-7,11H,3,8-10H2,1-2H3,(H,19,20). The van der Waals surface area contributed by atoms with Gasteiger partial charge in [-0.05, 0) is 26.0 Å². The third-order valence-electron chi connectivity index (χ3n) is 3.07. The Hall–Kier alpha value is -2.11. The number of benzene rings is 1. The number of hydrogen-bond acceptors (Lipinski definition) is 3. The molecule has 0 radical (unpaired) electrons. The lowest BCUT2D eigenvalue weighted by atomic mass is 10.2. The van der Waals surface area contributed by atoms with Gasteiger partial charge in [0.1, 0.15) is 0 Å². The molecule has 1 unspecified atom stereocenters. The van der Waals surface area contributed by atoms with Crippen LogP contribution in [0.3, 0.4) is 0 Å². The van der Waals surface area contributed by atoms with Crippen molar-refractivity contribution in [3.05, 3.63) is 30.1 Å². The number of para-hydroxylation sites is 1. The number of hydrogen-bond donors (Lipinski definition) is 1. The number of rotatable bonds is 8. The molecule has 0 bridgehead atoms. The Labute approximate surface area is 123 Å². The number of carboxylic acids is 1. The summed E-state index contributed by atoms with van der Waals surface area (Å²) in [7, 11) is 0. The molecule has 0 aliphatic carbocycles. The van der Waals surface area contributed by atoms with Crippen LogP contribution in [0.2, 0.25) is 0 Å². The second kappa shape index (κ2) is 8.24. The van der Waals surface area contributed by atoms with E-state index < -0.39 is 11.8 Å². The zero-order chi connectivity index (χ0) is 15.8. The van der Waals surface area contributed by atoms with E-state index in [2.05, 4.69) is 0 Å². The van der Waals surface area contributed by atoms with Crippen LogP contribution in [0.15, 0.2) is 24.3 Å². The summed E-state index contributed by atoms with van der Waals surface area (Å²) >= 11 is 0. The normalized spacial score (nSPS) is 11.8. The molecule has 0 heterocycles. The highest BCUT2D eigenvalue weighted by molar-refractivity contribution is 5.77. The molecule has 0 spiro atoms. The van der Waals surface area contributed by atoms with Gasteiger partial charge in [0.25, 0.3) is 0 Å². The fourth-order valence-corrected chi connectivity index (χ4v) is 2.05. The Morgan fingerprint density at radius 3 is 2.62 bits per heavy atom. The molecule has 1 aromatic carbocycles. The minimum absolute atomic E-state index is 0.0516. The number of halogens is 1. The molecule has 116 valence electrons. The summed E-state index contributed by atoms with van der Waals surface area (Å²) in [6.07, 6.45) is -0.0279. The zero-order valence-corrected chi connectivity index (χ0v) is 12.2. The maximum Gasteiger partial charge on any atom is 0.305 e. The molecule has 1 rings (SSSR count). The molecule has 0 aliphatic heterocycles. The predicted molar refractivity (Wildman–Crippen MR) is 75.6 cm³/mol. The largest absolute Gasteiger partial charge is 0.490 e. The second-order valence-electron chi connectivity index (χ2n) is 4.66. The average Bonchev–Trinajstić information content (AvgIpc) is 2.41. The first-order valence-electron chi connectivity index (χ1n) is 6.84. The number of carbonyl (C=O) groups is 2. The van der Waals surface area contributed by atoms with Crippen LogP contribution in [0.1, 0.15) is 26.7 Å². The first-order valence-corrected chi connectivity index (χ1v) is 6.84. The van der Waals surface area contributed by atoms with Gasteiger partial charge in [-0.3, -0.25) is 9.59 Å². The number of ether oxygens (including phenoxy) is 1. The molecule has 1 atom stereocenters. The fourth-order valence-electron chi connectivity index (χ4n) is 2.05. The quantitative estimate of drug-likeness (QED) is 0.799. The molecule has 1 N–H and O–H groups in total. The summed E-state index contributed by atoms with van der Waals surface area (Å²) in [6, 6.07) is 5.59. The van der Waals surface area contributed by atoms with Gasteiger partial charge in [-0.2, -0.15) is 0 Å². The Bertz CT molecular complexity index is 492. The third-order valence-corrected chi connectivity index (χ3v) is 3.07. The first-order chi connectivity index (χ1) is 9.95. The van der Waals surface area contributed by atoms with Crippen molar-refractivity contribution in [3.63, 3.8) is 0 Å². The molecule has 0 saturated carbocycles. The van der Waals surface area contributed by atoms with Gasteiger partial charge >= 0.3 is 5.97 Å². The lowest BCUT2D eigenvalue weighted by molar-refractivity contribution is -0.140. The summed E-state index contributed by atoms with van der Waals surface area (Å²) in [5.41, 5.74) is 0. The minimum Gasteiger partial charge on any atom is -0.490 e. The van der Waals surface area contributed by atoms with Gasteiger partial charge in [-0.15, -0.1) is 0 Å². The highest BCUT2D eigenvalue weighted by Crippen LogP contribution is 2.15. The maximum atomic E-state index is 13.3. The van der Waals surface area contributed by atoms with Gasteiger partial charge in [0, 0.05) is 12.6 Å². The molecule has 0 saturated heterocycles. The van der Waals surface area contributed by atoms with Gasteiger partial charge in [0.05, 0.1) is 19.4 Å². The van der Waals surface area contributed by atoms with Crippen molar-refractivity contribution < 1.29 is 23.8 Å². The molecular weight excluding hydrogens is 277 g/mol. The van der Waals surface area contributed by atoms with Crippen LogP contribution in [0.4, 0.5) is 4.39 Å². The van der Waals surface area contributed by atoms with Crippen molar-refractivity contribution in [1.82, 2.24) is 4.90 Å². The minimum atomic E-state index is -0.948. The molecule has 21 heavy (non-hydrogen) atoms. The molecule has 5 nitrogen and oxygen atoms in total. The molecule has 0 aliphatic rings. The smallest absolute Gasteiger partial charge is 0.305 e. The van der Waals surface area contributed by atoms with Crippen molar-refractivity contribution in [1.29, 1.82) is 0 Å². The van der Waals surface area contributed by atoms with E-state index in [4.69, 9.17) is 9.84 Å². The van der Waals surface area contributed by atoms with Crippen LogP contribution in [-0.4, -0.2) is 41.1 Å². The number of aliphatic carboxylic acids is 1. The summed E-state index contributed by atoms with van der Waals surface area (Å²) in [6.45, 7) is 3.95. The van der Waals surface area contributed by atoms with Gasteiger partial charge in [-0.1, -0.05) is 12.1 Å². The summed E-state index contributed by atoms with van der Waals surface area (Å²) < 4.78 is 18.5. The molecule has 0 fully saturated rings. The summed E-state index contributed by atoms with van der Waals surface area (Å²) in [5, 5.41) is 8.76.